The lowest BCUT2D eigenvalue weighted by atomic mass is 9.77. The van der Waals surface area contributed by atoms with E-state index >= 15 is 9.59 Å². The van der Waals surface area contributed by atoms with Crippen molar-refractivity contribution in [2.45, 2.75) is 334 Å². The van der Waals surface area contributed by atoms with Gasteiger partial charge in [0.05, 0.1) is 13.2 Å². The summed E-state index contributed by atoms with van der Waals surface area (Å²) in [6, 6.07) is 58.1. The van der Waals surface area contributed by atoms with Crippen LogP contribution in [-0.4, -0.2) is 25.2 Å². The van der Waals surface area contributed by atoms with Crippen LogP contribution >= 0.6 is 0 Å². The SMILES string of the molecule is CCCC1CCC(c2ccc(OCCCCCCCCCCCC(=O)Oc3c(-c4ccc(C5CCC(CCC)CC5)cc4)cc4ccccc4c3-c3c(OC(=O)CCCCCCCCCCCOc4ccc(C5CCC(CCC)CC5)cc4)c(-c4ccc(C5CCC(CCC)CC5)cc4)cc4ccccc34)cc2)CC1. The highest BCUT2D eigenvalue weighted by Gasteiger charge is 2.31. The van der Waals surface area contributed by atoms with E-state index in [0.717, 1.165) is 168 Å². The van der Waals surface area contributed by atoms with Gasteiger partial charge in [-0.05, 0) is 267 Å². The molecule has 0 radical (unpaired) electrons. The van der Waals surface area contributed by atoms with Crippen molar-refractivity contribution in [2.75, 3.05) is 13.2 Å². The maximum absolute atomic E-state index is 15.0. The van der Waals surface area contributed by atoms with Gasteiger partial charge in [-0.2, -0.15) is 0 Å². The topological polar surface area (TPSA) is 71.1 Å². The fourth-order valence-electron chi connectivity index (χ4n) is 20.0. The van der Waals surface area contributed by atoms with Gasteiger partial charge in [0.1, 0.15) is 23.0 Å². The summed E-state index contributed by atoms with van der Waals surface area (Å²) in [4.78, 5) is 30.0. The molecule has 4 saturated carbocycles. The summed E-state index contributed by atoms with van der Waals surface area (Å²) in [6.07, 6.45) is 51.8. The minimum absolute atomic E-state index is 0.236. The molecule has 0 aromatic heterocycles. The van der Waals surface area contributed by atoms with E-state index in [4.69, 9.17) is 18.9 Å². The predicted molar refractivity (Wildman–Crippen MR) is 464 cm³/mol. The molecule has 0 amide bonds. The molecule has 110 heavy (non-hydrogen) atoms. The van der Waals surface area contributed by atoms with Crippen LogP contribution in [0.25, 0.3) is 54.9 Å². The number of carbonyl (C=O) groups is 2. The van der Waals surface area contributed by atoms with Crippen LogP contribution in [-0.2, 0) is 9.59 Å². The zero-order chi connectivity index (χ0) is 75.9. The number of rotatable bonds is 43. The fraction of sp³-hybridized carbons (Fsp3) is 0.558. The minimum Gasteiger partial charge on any atom is -0.494 e. The molecular weight excluding hydrogens is 1350 g/mol. The van der Waals surface area contributed by atoms with Gasteiger partial charge in [0, 0.05) is 35.1 Å². The summed E-state index contributed by atoms with van der Waals surface area (Å²) >= 11 is 0. The van der Waals surface area contributed by atoms with Crippen LogP contribution in [0.3, 0.4) is 0 Å². The van der Waals surface area contributed by atoms with Crippen LogP contribution in [0.2, 0.25) is 0 Å². The van der Waals surface area contributed by atoms with E-state index in [1.807, 2.05) is 0 Å². The smallest absolute Gasteiger partial charge is 0.311 e. The highest BCUT2D eigenvalue weighted by atomic mass is 16.5. The molecule has 4 fully saturated rings. The van der Waals surface area contributed by atoms with Crippen molar-refractivity contribution >= 4 is 33.5 Å². The second-order valence-electron chi connectivity index (χ2n) is 34.6. The van der Waals surface area contributed by atoms with Gasteiger partial charge in [0.25, 0.3) is 0 Å². The molecule has 0 bridgehead atoms. The molecule has 8 aromatic rings. The second-order valence-corrected chi connectivity index (χ2v) is 34.6. The third-order valence-electron chi connectivity index (χ3n) is 26.5. The van der Waals surface area contributed by atoms with Gasteiger partial charge in [0.2, 0.25) is 0 Å². The first-order valence-electron chi connectivity index (χ1n) is 45.4. The molecule has 12 rings (SSSR count). The van der Waals surface area contributed by atoms with Crippen molar-refractivity contribution in [1.29, 1.82) is 0 Å². The van der Waals surface area contributed by atoms with Crippen molar-refractivity contribution in [3.8, 4) is 56.4 Å². The van der Waals surface area contributed by atoms with Crippen molar-refractivity contribution in [3.05, 3.63) is 180 Å². The Kier molecular flexibility index (Phi) is 33.1. The summed E-state index contributed by atoms with van der Waals surface area (Å²) < 4.78 is 26.6. The number of esters is 2. The van der Waals surface area contributed by atoms with E-state index in [-0.39, 0.29) is 11.9 Å². The Labute approximate surface area is 665 Å². The Morgan fingerprint density at radius 3 is 0.855 bits per heavy atom. The lowest BCUT2D eigenvalue weighted by molar-refractivity contribution is -0.135. The van der Waals surface area contributed by atoms with Gasteiger partial charge < -0.3 is 18.9 Å². The van der Waals surface area contributed by atoms with E-state index in [1.54, 1.807) is 0 Å². The zero-order valence-electron chi connectivity index (χ0n) is 68.6. The Bertz CT molecular complexity index is 3740. The lowest BCUT2D eigenvalue weighted by Crippen LogP contribution is -2.13. The number of benzene rings is 8. The van der Waals surface area contributed by atoms with Crippen LogP contribution in [0.1, 0.15) is 356 Å². The average molecular weight is 1480 g/mol. The third kappa shape index (κ3) is 23.9. The van der Waals surface area contributed by atoms with Crippen LogP contribution < -0.4 is 18.9 Å². The molecule has 4 aliphatic carbocycles. The quantitative estimate of drug-likeness (QED) is 0.0215. The van der Waals surface area contributed by atoms with Crippen molar-refractivity contribution in [2.24, 2.45) is 23.7 Å². The number of fused-ring (bicyclic) bond motifs is 2. The van der Waals surface area contributed by atoms with Crippen LogP contribution in [0.5, 0.6) is 23.0 Å². The summed E-state index contributed by atoms with van der Waals surface area (Å²) in [7, 11) is 0. The minimum atomic E-state index is -0.236. The molecule has 6 heteroatoms. The van der Waals surface area contributed by atoms with E-state index in [1.165, 1.54) is 228 Å². The second kappa shape index (κ2) is 44.3. The molecule has 6 nitrogen and oxygen atoms in total. The first-order valence-corrected chi connectivity index (χ1v) is 45.4. The molecule has 0 unspecified atom stereocenters. The summed E-state index contributed by atoms with van der Waals surface area (Å²) in [5.74, 6) is 8.61. The predicted octanol–water partition coefficient (Wildman–Crippen LogP) is 31.1. The Hall–Kier alpha value is -7.18. The molecule has 0 spiro atoms. The third-order valence-corrected chi connectivity index (χ3v) is 26.5. The number of unbranched alkanes of at least 4 members (excludes halogenated alkanes) is 16. The number of hydrogen-bond donors (Lipinski definition) is 0. The Morgan fingerprint density at radius 2 is 0.564 bits per heavy atom. The Balaban J connectivity index is 0.718. The largest absolute Gasteiger partial charge is 0.494 e. The molecule has 0 N–H and O–H groups in total. The fourth-order valence-corrected chi connectivity index (χ4v) is 20.0. The van der Waals surface area contributed by atoms with Crippen molar-refractivity contribution < 1.29 is 28.5 Å². The van der Waals surface area contributed by atoms with Gasteiger partial charge in [0.15, 0.2) is 0 Å². The maximum atomic E-state index is 15.0. The standard InChI is InChI=1S/C104H138O6/c1-5-31-77-41-49-81(50-42-77)85-57-61-89(62-58-85)97-75-91-35-25-27-37-95(91)101(103(97)109-99(105)39-23-19-15-11-9-13-17-21-29-73-107-93-69-65-87(66-70-93)83-53-45-79(33-7-3)46-54-83)102-96-38-28-26-36-92(96)76-98(90-63-59-86(60-64-90)82-51-43-78(32-6-2)44-52-82)104(102)110-100(106)40-24-20-16-12-10-14-18-22-30-74-108-94-71-67-88(68-72-94)84-55-47-80(34-8-4)48-56-84/h25-28,35-38,57-72,75-84H,5-24,29-34,39-56,73-74H2,1-4H3. The molecule has 0 atom stereocenters. The Morgan fingerprint density at radius 1 is 0.300 bits per heavy atom. The van der Waals surface area contributed by atoms with Crippen LogP contribution in [0.4, 0.5) is 0 Å². The van der Waals surface area contributed by atoms with Gasteiger partial charge >= 0.3 is 11.9 Å². The first-order chi connectivity index (χ1) is 54.2. The number of ether oxygens (including phenoxy) is 4. The lowest BCUT2D eigenvalue weighted by Gasteiger charge is -2.29. The van der Waals surface area contributed by atoms with E-state index in [9.17, 15) is 0 Å². The van der Waals surface area contributed by atoms with Crippen LogP contribution in [0.15, 0.2) is 158 Å². The number of hydrogen-bond acceptors (Lipinski definition) is 6. The molecule has 4 aliphatic rings. The molecule has 0 heterocycles. The van der Waals surface area contributed by atoms with Crippen molar-refractivity contribution in [1.82, 2.24) is 0 Å². The molecule has 8 aromatic carbocycles. The normalized spacial score (nSPS) is 20.2. The highest BCUT2D eigenvalue weighted by Crippen LogP contribution is 2.54. The molecule has 590 valence electrons. The number of carbonyl (C=O) groups excluding carboxylic acids is 2. The maximum Gasteiger partial charge on any atom is 0.311 e. The summed E-state index contributed by atoms with van der Waals surface area (Å²) in [6.45, 7) is 10.8. The zero-order valence-corrected chi connectivity index (χ0v) is 68.6. The van der Waals surface area contributed by atoms with Crippen LogP contribution in [0, 0.1) is 23.7 Å². The van der Waals surface area contributed by atoms with Gasteiger partial charge in [-0.1, -0.05) is 290 Å². The van der Waals surface area contributed by atoms with E-state index in [0.29, 0.717) is 48.0 Å². The molecule has 0 saturated heterocycles. The van der Waals surface area contributed by atoms with Crippen molar-refractivity contribution in [3.63, 3.8) is 0 Å². The van der Waals surface area contributed by atoms with Gasteiger partial charge in [-0.25, -0.2) is 0 Å². The highest BCUT2D eigenvalue weighted by molar-refractivity contribution is 6.15. The van der Waals surface area contributed by atoms with E-state index in [2.05, 4.69) is 185 Å². The van der Waals surface area contributed by atoms with E-state index < -0.39 is 0 Å². The molecular formula is C104H138O6. The summed E-state index contributed by atoms with van der Waals surface area (Å²) in [5.41, 5.74) is 11.1. The van der Waals surface area contributed by atoms with Gasteiger partial charge in [-0.3, -0.25) is 9.59 Å². The monoisotopic (exact) mass is 1480 g/mol. The molecule has 0 aliphatic heterocycles. The first kappa shape index (κ1) is 82.3. The average Bonchev–Trinajstić information content (AvgIpc) is 0.728. The summed E-state index contributed by atoms with van der Waals surface area (Å²) in [5, 5.41) is 3.96. The van der Waals surface area contributed by atoms with Gasteiger partial charge in [-0.15, -0.1) is 0 Å².